The van der Waals surface area contributed by atoms with Crippen LogP contribution < -0.4 is 5.32 Å². The molecule has 2 aliphatic heterocycles. The number of hydrogen-bond donors (Lipinski definition) is 2. The molecule has 0 bridgehead atoms. The Balaban J connectivity index is 2.02. The SMILES string of the molecule is CC(C)[C@H](O)[C@@]12NC(=O)C(C3CC3)[C@]1(C)OC2=O. The number of esters is 1. The smallest absolute Gasteiger partial charge is 0.339 e. The van der Waals surface area contributed by atoms with Crippen molar-refractivity contribution in [2.24, 2.45) is 17.8 Å². The number of carbonyl (C=O) groups is 2. The van der Waals surface area contributed by atoms with E-state index in [0.717, 1.165) is 12.8 Å². The quantitative estimate of drug-likeness (QED) is 0.705. The van der Waals surface area contributed by atoms with E-state index in [0.29, 0.717) is 5.92 Å². The maximum atomic E-state index is 12.1. The molecular weight excluding hydrogens is 234 g/mol. The summed E-state index contributed by atoms with van der Waals surface area (Å²) in [7, 11) is 0. The van der Waals surface area contributed by atoms with E-state index in [-0.39, 0.29) is 17.7 Å². The monoisotopic (exact) mass is 253 g/mol. The van der Waals surface area contributed by atoms with E-state index in [4.69, 9.17) is 4.74 Å². The number of amides is 1. The van der Waals surface area contributed by atoms with Crippen LogP contribution in [0.25, 0.3) is 0 Å². The van der Waals surface area contributed by atoms with Crippen LogP contribution in [0.2, 0.25) is 0 Å². The van der Waals surface area contributed by atoms with Crippen molar-refractivity contribution in [2.45, 2.75) is 50.9 Å². The first-order chi connectivity index (χ1) is 8.34. The standard InChI is InChI=1S/C13H19NO4/c1-6(2)9(15)13-11(17)18-12(13,3)8(7-4-5-7)10(16)14-13/h6-9,15H,4-5H2,1-3H3,(H,14,16)/t8?,9-,12-,13-/m0/s1. The molecule has 18 heavy (non-hydrogen) atoms. The lowest BCUT2D eigenvalue weighted by atomic mass is 9.65. The van der Waals surface area contributed by atoms with Gasteiger partial charge in [-0.3, -0.25) is 4.79 Å². The molecule has 1 unspecified atom stereocenters. The summed E-state index contributed by atoms with van der Waals surface area (Å²) in [5.41, 5.74) is -2.11. The first-order valence-corrected chi connectivity index (χ1v) is 6.58. The molecule has 1 amide bonds. The maximum Gasteiger partial charge on any atom is 0.339 e. The Bertz CT molecular complexity index is 431. The summed E-state index contributed by atoms with van der Waals surface area (Å²) in [6.45, 7) is 5.45. The highest BCUT2D eigenvalue weighted by atomic mass is 16.6. The van der Waals surface area contributed by atoms with Crippen LogP contribution in [-0.4, -0.2) is 34.2 Å². The fourth-order valence-corrected chi connectivity index (χ4v) is 3.60. The minimum atomic E-state index is -1.23. The minimum Gasteiger partial charge on any atom is -0.453 e. The van der Waals surface area contributed by atoms with Crippen LogP contribution in [0.1, 0.15) is 33.6 Å². The number of aliphatic hydroxyl groups excluding tert-OH is 1. The third-order valence-corrected chi connectivity index (χ3v) is 4.77. The molecule has 0 aromatic carbocycles. The zero-order valence-electron chi connectivity index (χ0n) is 10.9. The van der Waals surface area contributed by atoms with E-state index in [1.807, 2.05) is 13.8 Å². The molecule has 3 aliphatic rings. The largest absolute Gasteiger partial charge is 0.453 e. The van der Waals surface area contributed by atoms with Crippen LogP contribution in [-0.2, 0) is 14.3 Å². The van der Waals surface area contributed by atoms with Crippen LogP contribution in [0.3, 0.4) is 0 Å². The number of hydrogen-bond acceptors (Lipinski definition) is 4. The lowest BCUT2D eigenvalue weighted by molar-refractivity contribution is -0.239. The van der Waals surface area contributed by atoms with Gasteiger partial charge < -0.3 is 15.2 Å². The second-order valence-corrected chi connectivity index (χ2v) is 6.30. The predicted molar refractivity (Wildman–Crippen MR) is 62.4 cm³/mol. The molecule has 0 aromatic heterocycles. The predicted octanol–water partition coefficient (Wildman–Crippen LogP) is 0.214. The van der Waals surface area contributed by atoms with Crippen molar-refractivity contribution in [3.05, 3.63) is 0 Å². The average Bonchev–Trinajstić information content (AvgIpc) is 3.06. The molecule has 2 N–H and O–H groups in total. The van der Waals surface area contributed by atoms with Gasteiger partial charge in [-0.15, -0.1) is 0 Å². The molecule has 4 atom stereocenters. The van der Waals surface area contributed by atoms with E-state index in [1.165, 1.54) is 0 Å². The van der Waals surface area contributed by atoms with E-state index >= 15 is 0 Å². The first kappa shape index (κ1) is 12.0. The zero-order chi connectivity index (χ0) is 13.3. The molecule has 0 radical (unpaired) electrons. The molecule has 1 aliphatic carbocycles. The molecule has 3 rings (SSSR count). The fraction of sp³-hybridized carbons (Fsp3) is 0.846. The van der Waals surface area contributed by atoms with Crippen molar-refractivity contribution in [3.8, 4) is 0 Å². The van der Waals surface area contributed by atoms with Gasteiger partial charge in [0.25, 0.3) is 0 Å². The van der Waals surface area contributed by atoms with Gasteiger partial charge in [0, 0.05) is 0 Å². The van der Waals surface area contributed by atoms with Crippen molar-refractivity contribution >= 4 is 11.9 Å². The molecule has 2 heterocycles. The number of nitrogens with one attached hydrogen (secondary N) is 1. The molecule has 3 fully saturated rings. The molecule has 1 saturated carbocycles. The average molecular weight is 253 g/mol. The van der Waals surface area contributed by atoms with Gasteiger partial charge in [0.05, 0.1) is 12.0 Å². The highest BCUT2D eigenvalue weighted by Gasteiger charge is 2.80. The van der Waals surface area contributed by atoms with Crippen molar-refractivity contribution in [2.75, 3.05) is 0 Å². The third-order valence-electron chi connectivity index (χ3n) is 4.77. The molecule has 0 aromatic rings. The molecule has 5 heteroatoms. The zero-order valence-corrected chi connectivity index (χ0v) is 10.9. The maximum absolute atomic E-state index is 12.1. The van der Waals surface area contributed by atoms with Gasteiger partial charge >= 0.3 is 5.97 Å². The molecule has 0 spiro atoms. The number of carbonyl (C=O) groups excluding carboxylic acids is 2. The van der Waals surface area contributed by atoms with Crippen LogP contribution >= 0.6 is 0 Å². The van der Waals surface area contributed by atoms with Gasteiger partial charge in [0.2, 0.25) is 11.4 Å². The van der Waals surface area contributed by atoms with E-state index in [2.05, 4.69) is 5.32 Å². The highest BCUT2D eigenvalue weighted by molar-refractivity contribution is 6.02. The molecule has 100 valence electrons. The fourth-order valence-electron chi connectivity index (χ4n) is 3.60. The first-order valence-electron chi connectivity index (χ1n) is 6.58. The Labute approximate surface area is 106 Å². The second kappa shape index (κ2) is 3.26. The van der Waals surface area contributed by atoms with Gasteiger partial charge in [0.1, 0.15) is 0 Å². The summed E-state index contributed by atoms with van der Waals surface area (Å²) in [6, 6.07) is 0. The Kier molecular flexibility index (Phi) is 2.17. The number of rotatable bonds is 3. The van der Waals surface area contributed by atoms with Crippen LogP contribution in [0.15, 0.2) is 0 Å². The summed E-state index contributed by atoms with van der Waals surface area (Å²) in [5.74, 6) is -0.767. The topological polar surface area (TPSA) is 75.6 Å². The van der Waals surface area contributed by atoms with Gasteiger partial charge in [-0.2, -0.15) is 0 Å². The Hall–Kier alpha value is -1.10. The van der Waals surface area contributed by atoms with E-state index < -0.39 is 23.2 Å². The molecular formula is C13H19NO4. The van der Waals surface area contributed by atoms with Gasteiger partial charge in [0.15, 0.2) is 5.60 Å². The normalized spacial score (nSPS) is 44.2. The minimum absolute atomic E-state index is 0.115. The Morgan fingerprint density at radius 2 is 2.00 bits per heavy atom. The van der Waals surface area contributed by atoms with Crippen LogP contribution in [0.4, 0.5) is 0 Å². The van der Waals surface area contributed by atoms with Gasteiger partial charge in [-0.05, 0) is 31.6 Å². The van der Waals surface area contributed by atoms with Crippen molar-refractivity contribution in [1.29, 1.82) is 0 Å². The lowest BCUT2D eigenvalue weighted by Gasteiger charge is -2.54. The third kappa shape index (κ3) is 1.11. The number of aliphatic hydroxyl groups is 1. The number of fused-ring (bicyclic) bond motifs is 1. The van der Waals surface area contributed by atoms with Crippen molar-refractivity contribution in [1.82, 2.24) is 5.32 Å². The number of ether oxygens (including phenoxy) is 1. The molecule has 2 saturated heterocycles. The van der Waals surface area contributed by atoms with Crippen LogP contribution in [0, 0.1) is 17.8 Å². The van der Waals surface area contributed by atoms with Gasteiger partial charge in [-0.1, -0.05) is 13.8 Å². The van der Waals surface area contributed by atoms with Gasteiger partial charge in [-0.25, -0.2) is 4.79 Å². The summed E-state index contributed by atoms with van der Waals surface area (Å²) in [6.07, 6.45) is 1.09. The van der Waals surface area contributed by atoms with Crippen molar-refractivity contribution in [3.63, 3.8) is 0 Å². The van der Waals surface area contributed by atoms with Crippen molar-refractivity contribution < 1.29 is 19.4 Å². The second-order valence-electron chi connectivity index (χ2n) is 6.30. The Morgan fingerprint density at radius 3 is 2.44 bits per heavy atom. The molecule has 5 nitrogen and oxygen atoms in total. The summed E-state index contributed by atoms with van der Waals surface area (Å²) >= 11 is 0. The van der Waals surface area contributed by atoms with E-state index in [1.54, 1.807) is 6.92 Å². The van der Waals surface area contributed by atoms with E-state index in [9.17, 15) is 14.7 Å². The summed E-state index contributed by atoms with van der Waals surface area (Å²) < 4.78 is 5.33. The Morgan fingerprint density at radius 1 is 1.39 bits per heavy atom. The lowest BCUT2D eigenvalue weighted by Crippen LogP contribution is -2.80. The van der Waals surface area contributed by atoms with Crippen LogP contribution in [0.5, 0.6) is 0 Å². The summed E-state index contributed by atoms with van der Waals surface area (Å²) in [5, 5.41) is 13.1. The summed E-state index contributed by atoms with van der Waals surface area (Å²) in [4.78, 5) is 24.1. The highest BCUT2D eigenvalue weighted by Crippen LogP contribution is 2.57.